The second-order valence-electron chi connectivity index (χ2n) is 8.45. The number of hydrogen-bond acceptors (Lipinski definition) is 2. The molecule has 0 saturated carbocycles. The fourth-order valence-corrected chi connectivity index (χ4v) is 4.04. The Labute approximate surface area is 158 Å². The van der Waals surface area contributed by atoms with E-state index in [2.05, 4.69) is 45.3 Å². The first-order valence-electron chi connectivity index (χ1n) is 9.88. The number of carbonyl (C=O) groups is 1. The summed E-state index contributed by atoms with van der Waals surface area (Å²) >= 11 is 0. The first kappa shape index (κ1) is 20.9. The Kier molecular flexibility index (Phi) is 7.62. The van der Waals surface area contributed by atoms with Crippen molar-refractivity contribution in [3.8, 4) is 0 Å². The molecule has 1 aromatic carbocycles. The van der Waals surface area contributed by atoms with Gasteiger partial charge in [-0.25, -0.2) is 0 Å². The summed E-state index contributed by atoms with van der Waals surface area (Å²) in [4.78, 5) is 15.3. The number of rotatable bonds is 7. The van der Waals surface area contributed by atoms with Gasteiger partial charge >= 0.3 is 0 Å². The molecule has 1 saturated heterocycles. The zero-order chi connectivity index (χ0) is 19.3. The molecule has 1 aliphatic rings. The van der Waals surface area contributed by atoms with E-state index in [1.807, 2.05) is 13.8 Å². The van der Waals surface area contributed by atoms with Crippen molar-refractivity contribution in [2.24, 2.45) is 5.92 Å². The lowest BCUT2D eigenvalue weighted by Crippen LogP contribution is -3.18. The van der Waals surface area contributed by atoms with Crippen molar-refractivity contribution in [3.05, 3.63) is 28.8 Å². The van der Waals surface area contributed by atoms with E-state index in [-0.39, 0.29) is 12.0 Å². The molecule has 0 spiro atoms. The molecule has 1 aliphatic heterocycles. The Morgan fingerprint density at radius 2 is 1.96 bits per heavy atom. The highest BCUT2D eigenvalue weighted by Crippen LogP contribution is 2.21. The van der Waals surface area contributed by atoms with Crippen LogP contribution < -0.4 is 15.1 Å². The number of amides is 1. The van der Waals surface area contributed by atoms with E-state index in [4.69, 9.17) is 4.74 Å². The quantitative estimate of drug-likeness (QED) is 0.639. The van der Waals surface area contributed by atoms with Gasteiger partial charge in [-0.1, -0.05) is 31.5 Å². The van der Waals surface area contributed by atoms with Gasteiger partial charge in [0, 0.05) is 11.6 Å². The van der Waals surface area contributed by atoms with Crippen LogP contribution in [0.4, 0.5) is 5.69 Å². The van der Waals surface area contributed by atoms with Gasteiger partial charge in [0.2, 0.25) is 0 Å². The maximum Gasteiger partial charge on any atom is 0.279 e. The molecule has 2 unspecified atom stereocenters. The Bertz CT molecular complexity index is 592. The highest BCUT2D eigenvalue weighted by Gasteiger charge is 2.27. The Morgan fingerprint density at radius 1 is 1.31 bits per heavy atom. The smallest absolute Gasteiger partial charge is 0.279 e. The van der Waals surface area contributed by atoms with E-state index in [9.17, 15) is 4.79 Å². The monoisotopic (exact) mass is 363 g/mol. The van der Waals surface area contributed by atoms with Crippen LogP contribution in [0.2, 0.25) is 0 Å². The largest absolute Gasteiger partial charge is 0.361 e. The minimum Gasteiger partial charge on any atom is -0.361 e. The van der Waals surface area contributed by atoms with E-state index in [1.54, 1.807) is 4.90 Å². The van der Waals surface area contributed by atoms with Gasteiger partial charge in [0.15, 0.2) is 12.6 Å². The van der Waals surface area contributed by atoms with Crippen LogP contribution in [-0.2, 0) is 9.53 Å². The van der Waals surface area contributed by atoms with Crippen LogP contribution in [0, 0.1) is 26.7 Å². The summed E-state index contributed by atoms with van der Waals surface area (Å²) in [6.45, 7) is 16.2. The Hall–Kier alpha value is -1.43. The summed E-state index contributed by atoms with van der Waals surface area (Å²) in [7, 11) is 2.08. The second-order valence-corrected chi connectivity index (χ2v) is 8.45. The van der Waals surface area contributed by atoms with Gasteiger partial charge < -0.3 is 19.9 Å². The lowest BCUT2D eigenvalue weighted by Gasteiger charge is -2.31. The highest BCUT2D eigenvalue weighted by molar-refractivity contribution is 5.93. The predicted molar refractivity (Wildman–Crippen MR) is 106 cm³/mol. The van der Waals surface area contributed by atoms with Gasteiger partial charge in [0.05, 0.1) is 20.2 Å². The summed E-state index contributed by atoms with van der Waals surface area (Å²) in [6.07, 6.45) is 0.244. The number of benzene rings is 1. The molecule has 3 atom stereocenters. The highest BCUT2D eigenvalue weighted by atomic mass is 16.5. The third-order valence-electron chi connectivity index (χ3n) is 5.00. The molecule has 1 fully saturated rings. The van der Waals surface area contributed by atoms with Crippen LogP contribution in [0.3, 0.4) is 0 Å². The zero-order valence-electron chi connectivity index (χ0n) is 17.4. The van der Waals surface area contributed by atoms with E-state index in [0.717, 1.165) is 43.1 Å². The predicted octanol–water partition coefficient (Wildman–Crippen LogP) is 0.00476. The number of nitrogens with one attached hydrogen (secondary N) is 3. The fraction of sp³-hybridized carbons (Fsp3) is 0.667. The van der Waals surface area contributed by atoms with Crippen molar-refractivity contribution in [3.63, 3.8) is 0 Å². The number of morpholine rings is 1. The number of ether oxygens (including phenoxy) is 1. The maximum atomic E-state index is 12.5. The Balaban J connectivity index is 1.84. The van der Waals surface area contributed by atoms with Crippen molar-refractivity contribution in [1.82, 2.24) is 0 Å². The van der Waals surface area contributed by atoms with Crippen LogP contribution in [0.15, 0.2) is 12.1 Å². The third kappa shape index (κ3) is 6.38. The van der Waals surface area contributed by atoms with Crippen LogP contribution in [-0.4, -0.2) is 58.4 Å². The van der Waals surface area contributed by atoms with Crippen molar-refractivity contribution in [2.45, 2.75) is 40.7 Å². The minimum absolute atomic E-state index is 0.0692. The molecule has 26 heavy (non-hydrogen) atoms. The van der Waals surface area contributed by atoms with E-state index in [1.165, 1.54) is 17.0 Å². The average Bonchev–Trinajstić information content (AvgIpc) is 2.50. The van der Waals surface area contributed by atoms with Gasteiger partial charge in [-0.15, -0.1) is 0 Å². The molecule has 0 bridgehead atoms. The lowest BCUT2D eigenvalue weighted by molar-refractivity contribution is -0.926. The summed E-state index contributed by atoms with van der Waals surface area (Å²) in [5.41, 5.74) is 4.42. The number of quaternary nitrogens is 2. The van der Waals surface area contributed by atoms with Crippen molar-refractivity contribution < 1.29 is 19.3 Å². The fourth-order valence-electron chi connectivity index (χ4n) is 4.04. The van der Waals surface area contributed by atoms with Crippen molar-refractivity contribution in [2.75, 3.05) is 51.7 Å². The molecule has 1 heterocycles. The summed E-state index contributed by atoms with van der Waals surface area (Å²) in [5.74, 6) is 0.778. The molecule has 146 valence electrons. The molecular weight excluding hydrogens is 326 g/mol. The first-order valence-corrected chi connectivity index (χ1v) is 9.88. The zero-order valence-corrected chi connectivity index (χ0v) is 17.4. The average molecular weight is 364 g/mol. The molecule has 0 aromatic heterocycles. The minimum atomic E-state index is 0.0692. The molecular formula is C21H37N3O2+2. The SMILES string of the molecule is Cc1cc(C)c(NC(=O)C[NH+](C)C[C@@H]2C[NH+](CC(C)C)CCO2)c(C)c1. The summed E-state index contributed by atoms with van der Waals surface area (Å²) in [5, 5.41) is 3.10. The third-order valence-corrected chi connectivity index (χ3v) is 5.00. The summed E-state index contributed by atoms with van der Waals surface area (Å²) in [6, 6.07) is 4.22. The van der Waals surface area contributed by atoms with Gasteiger partial charge in [0.25, 0.3) is 5.91 Å². The van der Waals surface area contributed by atoms with E-state index >= 15 is 0 Å². The lowest BCUT2D eigenvalue weighted by atomic mass is 10.1. The van der Waals surface area contributed by atoms with E-state index < -0.39 is 0 Å². The standard InChI is InChI=1S/C21H35N3O2/c1-15(2)11-24-7-8-26-19(13-24)12-23(6)14-20(25)22-21-17(4)9-16(3)10-18(21)5/h9-10,15,19H,7-8,11-14H2,1-6H3,(H,22,25)/p+2/t19-/m1/s1. The van der Waals surface area contributed by atoms with Crippen molar-refractivity contribution in [1.29, 1.82) is 0 Å². The second kappa shape index (κ2) is 9.49. The topological polar surface area (TPSA) is 47.2 Å². The van der Waals surface area contributed by atoms with Gasteiger partial charge in [-0.3, -0.25) is 4.79 Å². The van der Waals surface area contributed by atoms with Crippen LogP contribution in [0.25, 0.3) is 0 Å². The van der Waals surface area contributed by atoms with E-state index in [0.29, 0.717) is 12.5 Å². The number of anilines is 1. The number of aryl methyl sites for hydroxylation is 3. The van der Waals surface area contributed by atoms with Crippen LogP contribution in [0.1, 0.15) is 30.5 Å². The number of likely N-dealkylation sites (N-methyl/N-ethyl adjacent to an activating group) is 1. The Morgan fingerprint density at radius 3 is 2.58 bits per heavy atom. The summed E-state index contributed by atoms with van der Waals surface area (Å²) < 4.78 is 5.94. The number of carbonyl (C=O) groups excluding carboxylic acids is 1. The van der Waals surface area contributed by atoms with Gasteiger partial charge in [-0.05, 0) is 31.9 Å². The molecule has 1 aromatic rings. The molecule has 0 radical (unpaired) electrons. The van der Waals surface area contributed by atoms with Gasteiger partial charge in [-0.2, -0.15) is 0 Å². The molecule has 1 amide bonds. The van der Waals surface area contributed by atoms with Crippen LogP contribution >= 0.6 is 0 Å². The molecule has 5 nitrogen and oxygen atoms in total. The molecule has 3 N–H and O–H groups in total. The van der Waals surface area contributed by atoms with Gasteiger partial charge in [0.1, 0.15) is 19.6 Å². The maximum absolute atomic E-state index is 12.5. The number of hydrogen-bond donors (Lipinski definition) is 3. The normalized spacial score (nSPS) is 21.7. The molecule has 2 rings (SSSR count). The van der Waals surface area contributed by atoms with Crippen molar-refractivity contribution >= 4 is 11.6 Å². The first-order chi connectivity index (χ1) is 12.2. The molecule has 5 heteroatoms. The molecule has 0 aliphatic carbocycles. The van der Waals surface area contributed by atoms with Crippen LogP contribution in [0.5, 0.6) is 0 Å².